The van der Waals surface area contributed by atoms with Gasteiger partial charge in [-0.1, -0.05) is 0 Å². The second-order valence-electron chi connectivity index (χ2n) is 3.80. The third-order valence-corrected chi connectivity index (χ3v) is 3.41. The Balaban J connectivity index is 1.79. The maximum atomic E-state index is 12.7. The van der Waals surface area contributed by atoms with Crippen LogP contribution in [0.25, 0.3) is 0 Å². The number of rotatable bonds is 6. The smallest absolute Gasteiger partial charge is 0.123 e. The molecule has 96 valence electrons. The monoisotopic (exact) mass is 266 g/mol. The summed E-state index contributed by atoms with van der Waals surface area (Å²) in [6.45, 7) is 1.40. The van der Waals surface area contributed by atoms with Crippen LogP contribution in [0.3, 0.4) is 0 Å². The van der Waals surface area contributed by atoms with Gasteiger partial charge in [0.05, 0.1) is 11.6 Å². The van der Waals surface area contributed by atoms with Crippen LogP contribution >= 0.6 is 11.3 Å². The number of hydrogen-bond acceptors (Lipinski definition) is 4. The molecule has 0 aliphatic carbocycles. The largest absolute Gasteiger partial charge is 0.493 e. The van der Waals surface area contributed by atoms with Gasteiger partial charge < -0.3 is 10.1 Å². The SMILES string of the molecule is CNCc1cnc(CCOc2ccc(F)cc2)s1. The summed E-state index contributed by atoms with van der Waals surface area (Å²) in [5.41, 5.74) is 0. The molecule has 0 spiro atoms. The maximum absolute atomic E-state index is 12.7. The van der Waals surface area contributed by atoms with Crippen molar-refractivity contribution in [3.63, 3.8) is 0 Å². The number of nitrogens with zero attached hydrogens (tertiary/aromatic N) is 1. The number of aromatic nitrogens is 1. The van der Waals surface area contributed by atoms with Crippen molar-refractivity contribution in [3.8, 4) is 5.75 Å². The van der Waals surface area contributed by atoms with E-state index in [9.17, 15) is 4.39 Å². The van der Waals surface area contributed by atoms with Crippen molar-refractivity contribution in [1.82, 2.24) is 10.3 Å². The Bertz CT molecular complexity index is 484. The minimum atomic E-state index is -0.251. The van der Waals surface area contributed by atoms with Crippen molar-refractivity contribution in [2.45, 2.75) is 13.0 Å². The summed E-state index contributed by atoms with van der Waals surface area (Å²) in [6.07, 6.45) is 2.65. The Labute approximate surface area is 110 Å². The van der Waals surface area contributed by atoms with E-state index in [1.54, 1.807) is 23.5 Å². The van der Waals surface area contributed by atoms with Gasteiger partial charge in [-0.05, 0) is 31.3 Å². The molecule has 0 radical (unpaired) electrons. The van der Waals surface area contributed by atoms with Crippen molar-refractivity contribution >= 4 is 11.3 Å². The first-order chi connectivity index (χ1) is 8.78. The summed E-state index contributed by atoms with van der Waals surface area (Å²) in [7, 11) is 1.91. The van der Waals surface area contributed by atoms with Gasteiger partial charge in [0.15, 0.2) is 0 Å². The van der Waals surface area contributed by atoms with E-state index < -0.39 is 0 Å². The Morgan fingerprint density at radius 1 is 1.33 bits per heavy atom. The van der Waals surface area contributed by atoms with Gasteiger partial charge in [0.25, 0.3) is 0 Å². The van der Waals surface area contributed by atoms with Crippen LogP contribution < -0.4 is 10.1 Å². The van der Waals surface area contributed by atoms with Crippen LogP contribution in [0.1, 0.15) is 9.88 Å². The van der Waals surface area contributed by atoms with Gasteiger partial charge in [-0.3, -0.25) is 0 Å². The molecule has 1 aromatic heterocycles. The summed E-state index contributed by atoms with van der Waals surface area (Å²) in [6, 6.07) is 6.04. The highest BCUT2D eigenvalue weighted by Crippen LogP contribution is 2.15. The Kier molecular flexibility index (Phi) is 4.66. The van der Waals surface area contributed by atoms with Crippen molar-refractivity contribution in [1.29, 1.82) is 0 Å². The zero-order valence-corrected chi connectivity index (χ0v) is 11.0. The summed E-state index contributed by atoms with van der Waals surface area (Å²) >= 11 is 1.68. The van der Waals surface area contributed by atoms with E-state index in [0.29, 0.717) is 12.4 Å². The molecule has 1 heterocycles. The lowest BCUT2D eigenvalue weighted by atomic mass is 10.3. The van der Waals surface area contributed by atoms with E-state index in [2.05, 4.69) is 10.3 Å². The molecule has 2 rings (SSSR count). The minimum absolute atomic E-state index is 0.251. The van der Waals surface area contributed by atoms with Gasteiger partial charge in [-0.25, -0.2) is 9.37 Å². The van der Waals surface area contributed by atoms with Crippen molar-refractivity contribution in [2.24, 2.45) is 0 Å². The molecular formula is C13H15FN2OS. The zero-order chi connectivity index (χ0) is 12.8. The highest BCUT2D eigenvalue weighted by Gasteiger charge is 2.02. The molecule has 0 saturated carbocycles. The van der Waals surface area contributed by atoms with Gasteiger partial charge in [0, 0.05) is 24.0 Å². The fourth-order valence-corrected chi connectivity index (χ4v) is 2.42. The summed E-state index contributed by atoms with van der Waals surface area (Å²) < 4.78 is 18.2. The van der Waals surface area contributed by atoms with E-state index >= 15 is 0 Å². The molecule has 5 heteroatoms. The lowest BCUT2D eigenvalue weighted by Crippen LogP contribution is -2.02. The fourth-order valence-electron chi connectivity index (χ4n) is 1.51. The predicted octanol–water partition coefficient (Wildman–Crippen LogP) is 2.62. The number of nitrogens with one attached hydrogen (secondary N) is 1. The number of benzene rings is 1. The highest BCUT2D eigenvalue weighted by atomic mass is 32.1. The van der Waals surface area contributed by atoms with Crippen LogP contribution in [0.5, 0.6) is 5.75 Å². The summed E-state index contributed by atoms with van der Waals surface area (Å²) in [4.78, 5) is 5.54. The molecule has 0 amide bonds. The van der Waals surface area contributed by atoms with Crippen molar-refractivity contribution in [3.05, 3.63) is 46.2 Å². The Morgan fingerprint density at radius 2 is 2.11 bits per heavy atom. The van der Waals surface area contributed by atoms with Crippen LogP contribution in [0.2, 0.25) is 0 Å². The second-order valence-corrected chi connectivity index (χ2v) is 5.00. The van der Waals surface area contributed by atoms with Gasteiger partial charge in [0.2, 0.25) is 0 Å². The van der Waals surface area contributed by atoms with Gasteiger partial charge in [-0.15, -0.1) is 11.3 Å². The first-order valence-electron chi connectivity index (χ1n) is 5.74. The molecule has 0 aliphatic heterocycles. The van der Waals surface area contributed by atoms with Crippen molar-refractivity contribution in [2.75, 3.05) is 13.7 Å². The average Bonchev–Trinajstić information content (AvgIpc) is 2.80. The lowest BCUT2D eigenvalue weighted by Gasteiger charge is -2.04. The number of ether oxygens (including phenoxy) is 1. The summed E-state index contributed by atoms with van der Waals surface area (Å²) in [5, 5.41) is 4.15. The molecule has 3 nitrogen and oxygen atoms in total. The predicted molar refractivity (Wildman–Crippen MR) is 70.5 cm³/mol. The number of thiazole rings is 1. The highest BCUT2D eigenvalue weighted by molar-refractivity contribution is 7.11. The van der Waals surface area contributed by atoms with Crippen LogP contribution in [0.4, 0.5) is 4.39 Å². The van der Waals surface area contributed by atoms with Gasteiger partial charge in [-0.2, -0.15) is 0 Å². The minimum Gasteiger partial charge on any atom is -0.493 e. The molecule has 18 heavy (non-hydrogen) atoms. The lowest BCUT2D eigenvalue weighted by molar-refractivity contribution is 0.321. The fraction of sp³-hybridized carbons (Fsp3) is 0.308. The van der Waals surface area contributed by atoms with E-state index in [4.69, 9.17) is 4.74 Å². The van der Waals surface area contributed by atoms with E-state index in [0.717, 1.165) is 18.0 Å². The first-order valence-corrected chi connectivity index (χ1v) is 6.56. The van der Waals surface area contributed by atoms with Crippen LogP contribution in [0.15, 0.2) is 30.5 Å². The molecule has 0 saturated heterocycles. The molecule has 0 aliphatic rings. The molecule has 0 bridgehead atoms. The van der Waals surface area contributed by atoms with E-state index in [1.165, 1.54) is 17.0 Å². The van der Waals surface area contributed by atoms with Gasteiger partial charge >= 0.3 is 0 Å². The van der Waals surface area contributed by atoms with E-state index in [-0.39, 0.29) is 5.82 Å². The number of halogens is 1. The van der Waals surface area contributed by atoms with Crippen LogP contribution in [-0.2, 0) is 13.0 Å². The Morgan fingerprint density at radius 3 is 2.83 bits per heavy atom. The number of hydrogen-bond donors (Lipinski definition) is 1. The molecule has 1 N–H and O–H groups in total. The van der Waals surface area contributed by atoms with E-state index in [1.807, 2.05) is 13.2 Å². The molecule has 0 atom stereocenters. The third kappa shape index (κ3) is 3.78. The van der Waals surface area contributed by atoms with Gasteiger partial charge in [0.1, 0.15) is 11.6 Å². The normalized spacial score (nSPS) is 10.6. The molecular weight excluding hydrogens is 251 g/mol. The zero-order valence-electron chi connectivity index (χ0n) is 10.1. The summed E-state index contributed by atoms with van der Waals surface area (Å²) in [5.74, 6) is 0.433. The third-order valence-electron chi connectivity index (χ3n) is 2.35. The van der Waals surface area contributed by atoms with Crippen molar-refractivity contribution < 1.29 is 9.13 Å². The first kappa shape index (κ1) is 13.0. The quantitative estimate of drug-likeness (QED) is 0.872. The Hall–Kier alpha value is -1.46. The maximum Gasteiger partial charge on any atom is 0.123 e. The molecule has 1 aromatic carbocycles. The van der Waals surface area contributed by atoms with Crippen LogP contribution in [0, 0.1) is 5.82 Å². The van der Waals surface area contributed by atoms with Crippen LogP contribution in [-0.4, -0.2) is 18.6 Å². The second kappa shape index (κ2) is 6.47. The molecule has 2 aromatic rings. The average molecular weight is 266 g/mol. The molecule has 0 unspecified atom stereocenters. The topological polar surface area (TPSA) is 34.2 Å². The molecule has 0 fully saturated rings. The standard InChI is InChI=1S/C13H15FN2OS/c1-15-8-12-9-16-13(18-12)6-7-17-11-4-2-10(14)3-5-11/h2-5,9,15H,6-8H2,1H3.